The molecule has 1 aromatic heterocycles. The van der Waals surface area contributed by atoms with Crippen molar-refractivity contribution in [2.75, 3.05) is 4.72 Å². The fraction of sp³-hybridized carbons (Fsp3) is 0.0833. The average molecular weight is 362 g/mol. The van der Waals surface area contributed by atoms with Crippen LogP contribution in [0.2, 0.25) is 5.02 Å². The number of nitrogens with one attached hydrogen (secondary N) is 1. The van der Waals surface area contributed by atoms with Crippen molar-refractivity contribution in [2.24, 2.45) is 0 Å². The molecule has 1 aromatic carbocycles. The minimum absolute atomic E-state index is 0.178. The van der Waals surface area contributed by atoms with Crippen molar-refractivity contribution in [3.8, 4) is 0 Å². The Morgan fingerprint density at radius 3 is 2.47 bits per heavy atom. The lowest BCUT2D eigenvalue weighted by molar-refractivity contribution is 0.601. The molecular weight excluding hydrogens is 352 g/mol. The maximum atomic E-state index is 12.1. The topological polar surface area (TPSA) is 59.1 Å². The van der Waals surface area contributed by atoms with Crippen LogP contribution in [-0.2, 0) is 15.4 Å². The smallest absolute Gasteiger partial charge is 0.261 e. The Hall–Kier alpha value is -1.11. The highest BCUT2D eigenvalue weighted by Crippen LogP contribution is 2.23. The number of sulfonamides is 1. The van der Waals surface area contributed by atoms with E-state index < -0.39 is 10.0 Å². The molecule has 0 aliphatic heterocycles. The maximum absolute atomic E-state index is 12.1. The molecule has 19 heavy (non-hydrogen) atoms. The van der Waals surface area contributed by atoms with Crippen molar-refractivity contribution in [1.29, 1.82) is 0 Å². The third-order valence-electron chi connectivity index (χ3n) is 2.40. The second kappa shape index (κ2) is 5.90. The summed E-state index contributed by atoms with van der Waals surface area (Å²) in [7, 11) is -3.65. The molecule has 0 radical (unpaired) electrons. The maximum Gasteiger partial charge on any atom is 0.261 e. The number of pyridine rings is 1. The van der Waals surface area contributed by atoms with E-state index in [9.17, 15) is 8.42 Å². The molecule has 100 valence electrons. The number of hydrogen-bond acceptors (Lipinski definition) is 3. The second-order valence-corrected chi connectivity index (χ2v) is 6.39. The summed E-state index contributed by atoms with van der Waals surface area (Å²) in [5.41, 5.74) is 1.26. The van der Waals surface area contributed by atoms with Gasteiger partial charge in [0.1, 0.15) is 0 Å². The molecule has 0 fully saturated rings. The van der Waals surface area contributed by atoms with E-state index in [2.05, 4.69) is 25.6 Å². The molecule has 0 saturated carbocycles. The van der Waals surface area contributed by atoms with E-state index in [-0.39, 0.29) is 10.6 Å². The third kappa shape index (κ3) is 3.46. The number of aromatic nitrogens is 1. The first-order valence-corrected chi connectivity index (χ1v) is 8.28. The fourth-order valence-corrected chi connectivity index (χ4v) is 3.06. The van der Waals surface area contributed by atoms with Gasteiger partial charge in [-0.3, -0.25) is 9.71 Å². The van der Waals surface area contributed by atoms with Gasteiger partial charge in [-0.2, -0.15) is 0 Å². The van der Waals surface area contributed by atoms with Gasteiger partial charge in [0, 0.05) is 11.5 Å². The summed E-state index contributed by atoms with van der Waals surface area (Å²) in [4.78, 5) is 4.01. The SMILES string of the molecule is O=S(=O)(Nc1cnccc1Cl)c1ccc(CBr)cc1. The minimum atomic E-state index is -3.65. The van der Waals surface area contributed by atoms with Crippen LogP contribution in [-0.4, -0.2) is 13.4 Å². The van der Waals surface area contributed by atoms with Crippen molar-refractivity contribution in [3.05, 3.63) is 53.3 Å². The molecule has 0 spiro atoms. The summed E-state index contributed by atoms with van der Waals surface area (Å²) in [5.74, 6) is 0. The van der Waals surface area contributed by atoms with Gasteiger partial charge in [-0.05, 0) is 23.8 Å². The van der Waals surface area contributed by atoms with Gasteiger partial charge in [0.25, 0.3) is 10.0 Å². The largest absolute Gasteiger partial charge is 0.277 e. The lowest BCUT2D eigenvalue weighted by Gasteiger charge is -2.09. The number of anilines is 1. The second-order valence-electron chi connectivity index (χ2n) is 3.74. The molecule has 0 unspecified atom stereocenters. The highest BCUT2D eigenvalue weighted by atomic mass is 79.9. The normalized spacial score (nSPS) is 11.3. The number of hydrogen-bond donors (Lipinski definition) is 1. The molecule has 0 amide bonds. The van der Waals surface area contributed by atoms with Crippen LogP contribution in [0.15, 0.2) is 47.6 Å². The number of rotatable bonds is 4. The lowest BCUT2D eigenvalue weighted by atomic mass is 10.2. The fourth-order valence-electron chi connectivity index (χ4n) is 1.41. The first-order chi connectivity index (χ1) is 9.03. The summed E-state index contributed by atoms with van der Waals surface area (Å²) in [5, 5.41) is 0.977. The standard InChI is InChI=1S/C12H10BrClN2O2S/c13-7-9-1-3-10(4-2-9)19(17,18)16-12-8-15-6-5-11(12)14/h1-6,8,16H,7H2. The van der Waals surface area contributed by atoms with Gasteiger partial charge in [0.2, 0.25) is 0 Å². The summed E-state index contributed by atoms with van der Waals surface area (Å²) in [6.45, 7) is 0. The Bertz CT molecular complexity index is 674. The molecular formula is C12H10BrClN2O2S. The average Bonchev–Trinajstić information content (AvgIpc) is 2.41. The van der Waals surface area contributed by atoms with Crippen molar-refractivity contribution < 1.29 is 8.42 Å². The first-order valence-electron chi connectivity index (χ1n) is 5.30. The van der Waals surface area contributed by atoms with E-state index >= 15 is 0 Å². The molecule has 0 aliphatic carbocycles. The summed E-state index contributed by atoms with van der Waals surface area (Å²) in [6, 6.07) is 8.10. The van der Waals surface area contributed by atoms with Crippen LogP contribution < -0.4 is 4.72 Å². The van der Waals surface area contributed by atoms with Gasteiger partial charge in [-0.25, -0.2) is 8.42 Å². The van der Waals surface area contributed by atoms with E-state index in [1.807, 2.05) is 0 Å². The molecule has 2 rings (SSSR count). The van der Waals surface area contributed by atoms with Crippen LogP contribution in [0.3, 0.4) is 0 Å². The van der Waals surface area contributed by atoms with Gasteiger partial charge in [-0.15, -0.1) is 0 Å². The Labute approximate surface area is 125 Å². The zero-order valence-electron chi connectivity index (χ0n) is 9.68. The van der Waals surface area contributed by atoms with Gasteiger partial charge >= 0.3 is 0 Å². The quantitative estimate of drug-likeness (QED) is 0.849. The van der Waals surface area contributed by atoms with Crippen molar-refractivity contribution in [2.45, 2.75) is 10.2 Å². The minimum Gasteiger partial charge on any atom is -0.277 e. The first kappa shape index (κ1) is 14.3. The molecule has 7 heteroatoms. The third-order valence-corrected chi connectivity index (χ3v) is 4.76. The predicted molar refractivity (Wildman–Crippen MR) is 79.1 cm³/mol. The van der Waals surface area contributed by atoms with Gasteiger partial charge in [-0.1, -0.05) is 39.7 Å². The number of halogens is 2. The van der Waals surface area contributed by atoms with Crippen LogP contribution in [0.4, 0.5) is 5.69 Å². The molecule has 4 nitrogen and oxygen atoms in total. The zero-order valence-corrected chi connectivity index (χ0v) is 12.8. The van der Waals surface area contributed by atoms with Gasteiger partial charge in [0.05, 0.1) is 21.8 Å². The lowest BCUT2D eigenvalue weighted by Crippen LogP contribution is -2.13. The monoisotopic (exact) mass is 360 g/mol. The molecule has 0 saturated heterocycles. The van der Waals surface area contributed by atoms with Crippen LogP contribution in [0.5, 0.6) is 0 Å². The van der Waals surface area contributed by atoms with Crippen LogP contribution in [0.1, 0.15) is 5.56 Å². The Kier molecular flexibility index (Phi) is 4.44. The highest BCUT2D eigenvalue weighted by Gasteiger charge is 2.15. The van der Waals surface area contributed by atoms with Crippen molar-refractivity contribution in [3.63, 3.8) is 0 Å². The molecule has 0 bridgehead atoms. The predicted octanol–water partition coefficient (Wildman–Crippen LogP) is 3.43. The van der Waals surface area contributed by atoms with E-state index in [4.69, 9.17) is 11.6 Å². The molecule has 0 aliphatic rings. The number of nitrogens with zero attached hydrogens (tertiary/aromatic N) is 1. The Balaban J connectivity index is 2.30. The van der Waals surface area contributed by atoms with Crippen LogP contribution in [0, 0.1) is 0 Å². The van der Waals surface area contributed by atoms with Crippen molar-refractivity contribution in [1.82, 2.24) is 4.98 Å². The Morgan fingerprint density at radius 2 is 1.89 bits per heavy atom. The highest BCUT2D eigenvalue weighted by molar-refractivity contribution is 9.08. The van der Waals surface area contributed by atoms with E-state index in [0.717, 1.165) is 5.56 Å². The van der Waals surface area contributed by atoms with E-state index in [1.54, 1.807) is 24.3 Å². The Morgan fingerprint density at radius 1 is 1.21 bits per heavy atom. The van der Waals surface area contributed by atoms with Crippen LogP contribution >= 0.6 is 27.5 Å². The zero-order chi connectivity index (χ0) is 13.9. The van der Waals surface area contributed by atoms with E-state index in [0.29, 0.717) is 10.4 Å². The molecule has 2 aromatic rings. The number of benzene rings is 1. The summed E-state index contributed by atoms with van der Waals surface area (Å²) in [6.07, 6.45) is 2.86. The van der Waals surface area contributed by atoms with Gasteiger partial charge < -0.3 is 0 Å². The molecule has 1 heterocycles. The van der Waals surface area contributed by atoms with Crippen molar-refractivity contribution >= 4 is 43.2 Å². The molecule has 1 N–H and O–H groups in total. The summed E-state index contributed by atoms with van der Waals surface area (Å²) < 4.78 is 26.7. The molecule has 0 atom stereocenters. The summed E-state index contributed by atoms with van der Waals surface area (Å²) >= 11 is 9.20. The number of alkyl halides is 1. The van der Waals surface area contributed by atoms with Crippen LogP contribution in [0.25, 0.3) is 0 Å². The van der Waals surface area contributed by atoms with Gasteiger partial charge in [0.15, 0.2) is 0 Å². The van der Waals surface area contributed by atoms with E-state index in [1.165, 1.54) is 18.5 Å².